The van der Waals surface area contributed by atoms with Gasteiger partial charge in [0, 0.05) is 19.3 Å². The van der Waals surface area contributed by atoms with E-state index < -0.39 is 0 Å². The van der Waals surface area contributed by atoms with Crippen LogP contribution in [0.2, 0.25) is 0 Å². The third-order valence-electron chi connectivity index (χ3n) is 2.52. The number of pyridine rings is 1. The fourth-order valence-electron chi connectivity index (χ4n) is 1.48. The van der Waals surface area contributed by atoms with Crippen LogP contribution in [-0.2, 0) is 0 Å². The SMILES string of the molecule is CCN(CC)CCNc1cc(C#N)ccn1. The van der Waals surface area contributed by atoms with E-state index in [4.69, 9.17) is 5.26 Å². The zero-order valence-corrected chi connectivity index (χ0v) is 9.90. The standard InChI is InChI=1S/C12H18N4/c1-3-16(4-2)8-7-15-12-9-11(10-13)5-6-14-12/h5-6,9H,3-4,7-8H2,1-2H3,(H,14,15). The van der Waals surface area contributed by atoms with Gasteiger partial charge in [-0.25, -0.2) is 4.98 Å². The van der Waals surface area contributed by atoms with Crippen LogP contribution in [0.1, 0.15) is 19.4 Å². The maximum Gasteiger partial charge on any atom is 0.127 e. The van der Waals surface area contributed by atoms with Crippen LogP contribution < -0.4 is 5.32 Å². The third-order valence-corrected chi connectivity index (χ3v) is 2.52. The van der Waals surface area contributed by atoms with Crippen LogP contribution >= 0.6 is 0 Å². The number of rotatable bonds is 6. The molecular weight excluding hydrogens is 200 g/mol. The molecule has 1 aromatic rings. The van der Waals surface area contributed by atoms with Crippen molar-refractivity contribution in [3.8, 4) is 6.07 Å². The summed E-state index contributed by atoms with van der Waals surface area (Å²) in [6, 6.07) is 5.57. The van der Waals surface area contributed by atoms with Gasteiger partial charge in [-0.15, -0.1) is 0 Å². The molecule has 0 spiro atoms. The van der Waals surface area contributed by atoms with Crippen molar-refractivity contribution < 1.29 is 0 Å². The number of hydrogen-bond donors (Lipinski definition) is 1. The zero-order valence-electron chi connectivity index (χ0n) is 9.90. The highest BCUT2D eigenvalue weighted by Gasteiger charge is 1.99. The second-order valence-electron chi connectivity index (χ2n) is 3.50. The Kier molecular flexibility index (Phi) is 5.30. The van der Waals surface area contributed by atoms with E-state index in [0.29, 0.717) is 5.56 Å². The largest absolute Gasteiger partial charge is 0.369 e. The maximum atomic E-state index is 8.74. The van der Waals surface area contributed by atoms with Crippen LogP contribution in [0.4, 0.5) is 5.82 Å². The predicted octanol–water partition coefficient (Wildman–Crippen LogP) is 1.71. The van der Waals surface area contributed by atoms with Gasteiger partial charge >= 0.3 is 0 Å². The van der Waals surface area contributed by atoms with Crippen LogP contribution in [0.15, 0.2) is 18.3 Å². The molecule has 0 saturated carbocycles. The van der Waals surface area contributed by atoms with Crippen molar-refractivity contribution in [2.45, 2.75) is 13.8 Å². The molecule has 0 aromatic carbocycles. The number of nitrogens with one attached hydrogen (secondary N) is 1. The summed E-state index contributed by atoms with van der Waals surface area (Å²) in [4.78, 5) is 6.49. The van der Waals surface area contributed by atoms with Crippen LogP contribution in [0.3, 0.4) is 0 Å². The molecule has 4 heteroatoms. The van der Waals surface area contributed by atoms with Crippen LogP contribution in [-0.4, -0.2) is 36.1 Å². The molecular formula is C12H18N4. The minimum absolute atomic E-state index is 0.639. The first-order chi connectivity index (χ1) is 7.80. The molecule has 0 fully saturated rings. The zero-order chi connectivity index (χ0) is 11.8. The van der Waals surface area contributed by atoms with Gasteiger partial charge in [0.15, 0.2) is 0 Å². The fraction of sp³-hybridized carbons (Fsp3) is 0.500. The maximum absolute atomic E-state index is 8.74. The lowest BCUT2D eigenvalue weighted by atomic mass is 10.3. The quantitative estimate of drug-likeness (QED) is 0.789. The van der Waals surface area contributed by atoms with E-state index in [2.05, 4.69) is 35.1 Å². The average molecular weight is 218 g/mol. The van der Waals surface area contributed by atoms with Gasteiger partial charge in [-0.3, -0.25) is 0 Å². The average Bonchev–Trinajstić information content (AvgIpc) is 2.35. The molecule has 0 unspecified atom stereocenters. The molecule has 0 atom stereocenters. The number of nitriles is 1. The molecule has 4 nitrogen and oxygen atoms in total. The summed E-state index contributed by atoms with van der Waals surface area (Å²) >= 11 is 0. The van der Waals surface area contributed by atoms with Crippen molar-refractivity contribution in [1.82, 2.24) is 9.88 Å². The van der Waals surface area contributed by atoms with Crippen LogP contribution in [0, 0.1) is 11.3 Å². The van der Waals surface area contributed by atoms with Gasteiger partial charge in [-0.1, -0.05) is 13.8 Å². The lowest BCUT2D eigenvalue weighted by Gasteiger charge is -2.18. The Morgan fingerprint density at radius 2 is 2.19 bits per heavy atom. The normalized spacial score (nSPS) is 10.1. The van der Waals surface area contributed by atoms with E-state index in [1.807, 2.05) is 0 Å². The molecule has 16 heavy (non-hydrogen) atoms. The topological polar surface area (TPSA) is 52.0 Å². The van der Waals surface area contributed by atoms with E-state index in [0.717, 1.165) is 32.0 Å². The first-order valence-electron chi connectivity index (χ1n) is 5.62. The van der Waals surface area contributed by atoms with Gasteiger partial charge in [0.05, 0.1) is 11.6 Å². The molecule has 1 rings (SSSR count). The van der Waals surface area contributed by atoms with Gasteiger partial charge < -0.3 is 10.2 Å². The highest BCUT2D eigenvalue weighted by Crippen LogP contribution is 2.04. The summed E-state index contributed by atoms with van der Waals surface area (Å²) in [5, 5.41) is 12.0. The van der Waals surface area contributed by atoms with E-state index >= 15 is 0 Å². The Morgan fingerprint density at radius 3 is 2.81 bits per heavy atom. The van der Waals surface area contributed by atoms with Gasteiger partial charge in [0.25, 0.3) is 0 Å². The molecule has 86 valence electrons. The molecule has 0 bridgehead atoms. The number of likely N-dealkylation sites (N-methyl/N-ethyl adjacent to an activating group) is 1. The van der Waals surface area contributed by atoms with Crippen molar-refractivity contribution in [2.75, 3.05) is 31.5 Å². The Labute approximate surface area is 96.9 Å². The first kappa shape index (κ1) is 12.5. The van der Waals surface area contributed by atoms with Gasteiger partial charge in [0.2, 0.25) is 0 Å². The molecule has 0 aliphatic rings. The summed E-state index contributed by atoms with van der Waals surface area (Å²) in [7, 11) is 0. The second kappa shape index (κ2) is 6.81. The highest BCUT2D eigenvalue weighted by molar-refractivity contribution is 5.42. The minimum Gasteiger partial charge on any atom is -0.369 e. The monoisotopic (exact) mass is 218 g/mol. The van der Waals surface area contributed by atoms with Crippen LogP contribution in [0.5, 0.6) is 0 Å². The second-order valence-corrected chi connectivity index (χ2v) is 3.50. The van der Waals surface area contributed by atoms with Crippen LogP contribution in [0.25, 0.3) is 0 Å². The molecule has 1 aromatic heterocycles. The Balaban J connectivity index is 2.40. The number of anilines is 1. The highest BCUT2D eigenvalue weighted by atomic mass is 15.1. The summed E-state index contributed by atoms with van der Waals surface area (Å²) in [6.45, 7) is 8.26. The van der Waals surface area contributed by atoms with Gasteiger partial charge in [0.1, 0.15) is 5.82 Å². The summed E-state index contributed by atoms with van der Waals surface area (Å²) in [5.41, 5.74) is 0.639. The Hall–Kier alpha value is -1.60. The van der Waals surface area contributed by atoms with Crippen molar-refractivity contribution in [1.29, 1.82) is 5.26 Å². The van der Waals surface area contributed by atoms with E-state index in [-0.39, 0.29) is 0 Å². The fourth-order valence-corrected chi connectivity index (χ4v) is 1.48. The molecule has 0 saturated heterocycles. The van der Waals surface area contributed by atoms with Gasteiger partial charge in [-0.05, 0) is 25.2 Å². The van der Waals surface area contributed by atoms with Gasteiger partial charge in [-0.2, -0.15) is 5.26 Å². The molecule has 0 aliphatic carbocycles. The summed E-state index contributed by atoms with van der Waals surface area (Å²) in [5.74, 6) is 0.770. The van der Waals surface area contributed by atoms with E-state index in [1.165, 1.54) is 0 Å². The van der Waals surface area contributed by atoms with Crippen molar-refractivity contribution in [3.63, 3.8) is 0 Å². The molecule has 1 N–H and O–H groups in total. The predicted molar refractivity (Wildman–Crippen MR) is 65.2 cm³/mol. The lowest BCUT2D eigenvalue weighted by Crippen LogP contribution is -2.28. The molecule has 0 aliphatic heterocycles. The third kappa shape index (κ3) is 3.87. The van der Waals surface area contributed by atoms with Crippen molar-refractivity contribution in [3.05, 3.63) is 23.9 Å². The molecule has 1 heterocycles. The number of nitrogens with zero attached hydrogens (tertiary/aromatic N) is 3. The number of aromatic nitrogens is 1. The van der Waals surface area contributed by atoms with Crippen molar-refractivity contribution >= 4 is 5.82 Å². The lowest BCUT2D eigenvalue weighted by molar-refractivity contribution is 0.316. The van der Waals surface area contributed by atoms with Crippen molar-refractivity contribution in [2.24, 2.45) is 0 Å². The molecule has 0 radical (unpaired) electrons. The minimum atomic E-state index is 0.639. The number of hydrogen-bond acceptors (Lipinski definition) is 4. The molecule has 0 amide bonds. The Bertz CT molecular complexity index is 352. The Morgan fingerprint density at radius 1 is 1.44 bits per heavy atom. The first-order valence-corrected chi connectivity index (χ1v) is 5.62. The van der Waals surface area contributed by atoms with E-state index in [1.54, 1.807) is 18.3 Å². The summed E-state index contributed by atoms with van der Waals surface area (Å²) < 4.78 is 0. The summed E-state index contributed by atoms with van der Waals surface area (Å²) in [6.07, 6.45) is 1.65. The van der Waals surface area contributed by atoms with E-state index in [9.17, 15) is 0 Å². The smallest absolute Gasteiger partial charge is 0.127 e.